The zero-order valence-corrected chi connectivity index (χ0v) is 17.9. The van der Waals surface area contributed by atoms with Gasteiger partial charge in [-0.15, -0.1) is 0 Å². The highest BCUT2D eigenvalue weighted by molar-refractivity contribution is 5.99. The minimum absolute atomic E-state index is 0.0666. The highest BCUT2D eigenvalue weighted by Crippen LogP contribution is 2.25. The van der Waals surface area contributed by atoms with Crippen molar-refractivity contribution in [2.75, 3.05) is 18.0 Å². The van der Waals surface area contributed by atoms with Crippen molar-refractivity contribution in [1.82, 2.24) is 10.3 Å². The summed E-state index contributed by atoms with van der Waals surface area (Å²) in [6.45, 7) is 9.66. The number of hydrogen-bond donors (Lipinski definition) is 2. The molecule has 1 amide bonds. The van der Waals surface area contributed by atoms with Gasteiger partial charge in [-0.2, -0.15) is 0 Å². The molecule has 2 N–H and O–H groups in total. The maximum absolute atomic E-state index is 14.8. The number of ether oxygens (including phenoxy) is 1. The minimum Gasteiger partial charge on any atom is -0.372 e. The van der Waals surface area contributed by atoms with Gasteiger partial charge in [-0.1, -0.05) is 6.07 Å². The standard InChI is InChI=1S/C24H28FN3O2/c1-14-12-28(13-15(2)30-14)23-8-5-18(9-21(23)25)11-26-24(29)19-6-7-22-20(10-19)16(3)17(4)27-22/h5-10,14-15,27H,11-13H2,1-4H3,(H,26,29). The number of fused-ring (bicyclic) bond motifs is 1. The van der Waals surface area contributed by atoms with Crippen LogP contribution in [0.2, 0.25) is 0 Å². The van der Waals surface area contributed by atoms with Crippen molar-refractivity contribution >= 4 is 22.5 Å². The number of H-pyrrole nitrogens is 1. The predicted molar refractivity (Wildman–Crippen MR) is 118 cm³/mol. The molecule has 1 aromatic heterocycles. The number of aromatic nitrogens is 1. The second-order valence-corrected chi connectivity index (χ2v) is 8.27. The van der Waals surface area contributed by atoms with E-state index in [0.717, 1.165) is 27.7 Å². The fourth-order valence-corrected chi connectivity index (χ4v) is 4.18. The van der Waals surface area contributed by atoms with Gasteiger partial charge in [-0.25, -0.2) is 4.39 Å². The van der Waals surface area contributed by atoms with E-state index in [-0.39, 0.29) is 30.5 Å². The van der Waals surface area contributed by atoms with Gasteiger partial charge >= 0.3 is 0 Å². The monoisotopic (exact) mass is 409 g/mol. The number of anilines is 1. The number of nitrogens with zero attached hydrogens (tertiary/aromatic N) is 1. The molecule has 0 aliphatic carbocycles. The third-order valence-electron chi connectivity index (χ3n) is 5.80. The molecule has 5 nitrogen and oxygen atoms in total. The number of aryl methyl sites for hydroxylation is 2. The van der Waals surface area contributed by atoms with Crippen LogP contribution in [0.5, 0.6) is 0 Å². The summed E-state index contributed by atoms with van der Waals surface area (Å²) in [4.78, 5) is 17.9. The first-order valence-corrected chi connectivity index (χ1v) is 10.4. The summed E-state index contributed by atoms with van der Waals surface area (Å²) in [5.74, 6) is -0.446. The number of rotatable bonds is 4. The zero-order valence-electron chi connectivity index (χ0n) is 17.9. The Hall–Kier alpha value is -2.86. The zero-order chi connectivity index (χ0) is 21.4. The molecular weight excluding hydrogens is 381 g/mol. The van der Waals surface area contributed by atoms with Crippen LogP contribution in [0.25, 0.3) is 10.9 Å². The van der Waals surface area contributed by atoms with Crippen molar-refractivity contribution in [3.8, 4) is 0 Å². The van der Waals surface area contributed by atoms with Gasteiger partial charge in [0.2, 0.25) is 0 Å². The molecule has 30 heavy (non-hydrogen) atoms. The summed E-state index contributed by atoms with van der Waals surface area (Å²) in [7, 11) is 0. The fourth-order valence-electron chi connectivity index (χ4n) is 4.18. The molecule has 1 aliphatic rings. The second-order valence-electron chi connectivity index (χ2n) is 8.27. The van der Waals surface area contributed by atoms with Crippen molar-refractivity contribution in [3.05, 3.63) is 64.6 Å². The number of amides is 1. The van der Waals surface area contributed by atoms with E-state index in [4.69, 9.17) is 4.74 Å². The lowest BCUT2D eigenvalue weighted by atomic mass is 10.1. The van der Waals surface area contributed by atoms with Crippen LogP contribution in [-0.2, 0) is 11.3 Å². The molecule has 1 fully saturated rings. The lowest BCUT2D eigenvalue weighted by Crippen LogP contribution is -2.45. The van der Waals surface area contributed by atoms with Gasteiger partial charge in [-0.05, 0) is 69.2 Å². The van der Waals surface area contributed by atoms with Crippen LogP contribution in [0.1, 0.15) is 41.0 Å². The Labute approximate surface area is 176 Å². The van der Waals surface area contributed by atoms with Gasteiger partial charge in [0.1, 0.15) is 5.82 Å². The highest BCUT2D eigenvalue weighted by Gasteiger charge is 2.24. The number of carbonyl (C=O) groups excluding carboxylic acids is 1. The molecule has 0 saturated carbocycles. The molecule has 0 radical (unpaired) electrons. The van der Waals surface area contributed by atoms with Gasteiger partial charge in [0.15, 0.2) is 0 Å². The summed E-state index contributed by atoms with van der Waals surface area (Å²) in [5, 5.41) is 3.94. The van der Waals surface area contributed by atoms with Crippen LogP contribution in [0, 0.1) is 19.7 Å². The van der Waals surface area contributed by atoms with Crippen molar-refractivity contribution < 1.29 is 13.9 Å². The van der Waals surface area contributed by atoms with Gasteiger partial charge < -0.3 is 19.9 Å². The second kappa shape index (κ2) is 8.11. The van der Waals surface area contributed by atoms with Crippen LogP contribution in [0.4, 0.5) is 10.1 Å². The molecule has 2 unspecified atom stereocenters. The SMILES string of the molecule is Cc1[nH]c2ccc(C(=O)NCc3ccc(N4CC(C)OC(C)C4)c(F)c3)cc2c1C. The van der Waals surface area contributed by atoms with E-state index in [1.54, 1.807) is 12.1 Å². The summed E-state index contributed by atoms with van der Waals surface area (Å²) >= 11 is 0. The lowest BCUT2D eigenvalue weighted by molar-refractivity contribution is -0.00539. The summed E-state index contributed by atoms with van der Waals surface area (Å²) in [5.41, 5.74) is 5.17. The smallest absolute Gasteiger partial charge is 0.251 e. The number of benzene rings is 2. The Morgan fingerprint density at radius 2 is 1.90 bits per heavy atom. The molecular formula is C24H28FN3O2. The number of hydrogen-bond acceptors (Lipinski definition) is 3. The molecule has 0 bridgehead atoms. The van der Waals surface area contributed by atoms with E-state index < -0.39 is 0 Å². The molecule has 0 spiro atoms. The Morgan fingerprint density at radius 3 is 2.60 bits per heavy atom. The fraction of sp³-hybridized carbons (Fsp3) is 0.375. The summed E-state index contributed by atoms with van der Waals surface area (Å²) in [6, 6.07) is 10.8. The van der Waals surface area contributed by atoms with Crippen LogP contribution in [-0.4, -0.2) is 36.2 Å². The average Bonchev–Trinajstić information content (AvgIpc) is 2.98. The minimum atomic E-state index is -0.275. The highest BCUT2D eigenvalue weighted by atomic mass is 19.1. The van der Waals surface area contributed by atoms with Crippen LogP contribution < -0.4 is 10.2 Å². The largest absolute Gasteiger partial charge is 0.372 e. The molecule has 158 valence electrons. The van der Waals surface area contributed by atoms with Gasteiger partial charge in [0.05, 0.1) is 17.9 Å². The summed E-state index contributed by atoms with van der Waals surface area (Å²) in [6.07, 6.45) is 0.133. The lowest BCUT2D eigenvalue weighted by Gasteiger charge is -2.37. The summed E-state index contributed by atoms with van der Waals surface area (Å²) < 4.78 is 20.5. The number of nitrogens with one attached hydrogen (secondary N) is 2. The first-order valence-electron chi connectivity index (χ1n) is 10.4. The van der Waals surface area contributed by atoms with E-state index >= 15 is 0 Å². The number of halogens is 1. The molecule has 2 atom stereocenters. The molecule has 2 aromatic carbocycles. The van der Waals surface area contributed by atoms with Crippen molar-refractivity contribution in [2.24, 2.45) is 0 Å². The Balaban J connectivity index is 1.44. The van der Waals surface area contributed by atoms with Crippen molar-refractivity contribution in [1.29, 1.82) is 0 Å². The van der Waals surface area contributed by atoms with Crippen LogP contribution >= 0.6 is 0 Å². The molecule has 4 rings (SSSR count). The molecule has 1 aliphatic heterocycles. The van der Waals surface area contributed by atoms with E-state index in [2.05, 4.69) is 10.3 Å². The van der Waals surface area contributed by atoms with Crippen molar-refractivity contribution in [3.63, 3.8) is 0 Å². The molecule has 3 aromatic rings. The number of aromatic amines is 1. The van der Waals surface area contributed by atoms with Crippen LogP contribution in [0.3, 0.4) is 0 Å². The maximum Gasteiger partial charge on any atom is 0.251 e. The predicted octanol–water partition coefficient (Wildman–Crippen LogP) is 4.47. The first kappa shape index (κ1) is 20.4. The third kappa shape index (κ3) is 4.05. The van der Waals surface area contributed by atoms with Gasteiger partial charge in [-0.3, -0.25) is 4.79 Å². The quantitative estimate of drug-likeness (QED) is 0.669. The van der Waals surface area contributed by atoms with Crippen molar-refractivity contribution in [2.45, 2.75) is 46.4 Å². The Bertz CT molecular complexity index is 1080. The average molecular weight is 410 g/mol. The van der Waals surface area contributed by atoms with E-state index in [1.807, 2.05) is 50.8 Å². The number of carbonyl (C=O) groups is 1. The third-order valence-corrected chi connectivity index (χ3v) is 5.80. The maximum atomic E-state index is 14.8. The molecule has 6 heteroatoms. The normalized spacial score (nSPS) is 19.3. The van der Waals surface area contributed by atoms with Gasteiger partial charge in [0, 0.05) is 41.8 Å². The number of morpholine rings is 1. The van der Waals surface area contributed by atoms with E-state index in [9.17, 15) is 9.18 Å². The van der Waals surface area contributed by atoms with Gasteiger partial charge in [0.25, 0.3) is 5.91 Å². The Morgan fingerprint density at radius 1 is 1.17 bits per heavy atom. The molecule has 2 heterocycles. The topological polar surface area (TPSA) is 57.4 Å². The van der Waals surface area contributed by atoms with Crippen LogP contribution in [0.15, 0.2) is 36.4 Å². The molecule has 1 saturated heterocycles. The first-order chi connectivity index (χ1) is 14.3. The Kier molecular flexibility index (Phi) is 5.52. The van der Waals surface area contributed by atoms with E-state index in [1.165, 1.54) is 6.07 Å². The van der Waals surface area contributed by atoms with E-state index in [0.29, 0.717) is 24.3 Å².